The Labute approximate surface area is 158 Å². The predicted octanol–water partition coefficient (Wildman–Crippen LogP) is 1.28. The van der Waals surface area contributed by atoms with Gasteiger partial charge in [0.2, 0.25) is 5.91 Å². The first-order valence-electron chi connectivity index (χ1n) is 9.46. The van der Waals surface area contributed by atoms with Crippen LogP contribution in [0.25, 0.3) is 0 Å². The number of nitrogens with two attached hydrogens (primary N) is 1. The van der Waals surface area contributed by atoms with E-state index in [9.17, 15) is 9.59 Å². The van der Waals surface area contributed by atoms with Gasteiger partial charge in [-0.15, -0.1) is 0 Å². The van der Waals surface area contributed by atoms with Crippen molar-refractivity contribution in [1.82, 2.24) is 19.6 Å². The van der Waals surface area contributed by atoms with Crippen LogP contribution in [-0.2, 0) is 11.8 Å². The molecule has 4 rings (SSSR count). The first kappa shape index (κ1) is 17.7. The molecule has 1 aliphatic carbocycles. The molecule has 1 aromatic heterocycles. The van der Waals surface area contributed by atoms with Crippen LogP contribution in [0.3, 0.4) is 0 Å². The highest BCUT2D eigenvalue weighted by atomic mass is 16.2. The minimum absolute atomic E-state index is 0.0347. The maximum Gasteiger partial charge on any atom is 0.274 e. The third-order valence-electron chi connectivity index (χ3n) is 5.48. The Bertz CT molecular complexity index is 835. The third-order valence-corrected chi connectivity index (χ3v) is 5.48. The normalized spacial score (nSPS) is 19.1. The fourth-order valence-corrected chi connectivity index (χ4v) is 3.88. The molecule has 2 aliphatic rings. The molecule has 1 aliphatic heterocycles. The second kappa shape index (κ2) is 7.15. The highest BCUT2D eigenvalue weighted by molar-refractivity contribution is 5.92. The van der Waals surface area contributed by atoms with Crippen molar-refractivity contribution in [2.24, 2.45) is 12.8 Å². The van der Waals surface area contributed by atoms with Crippen LogP contribution in [0.5, 0.6) is 0 Å². The molecule has 2 fully saturated rings. The summed E-state index contributed by atoms with van der Waals surface area (Å²) in [5.74, 6) is 0.162. The largest absolute Gasteiger partial charge is 0.368 e. The van der Waals surface area contributed by atoms with Gasteiger partial charge >= 0.3 is 0 Å². The van der Waals surface area contributed by atoms with E-state index in [0.717, 1.165) is 11.3 Å². The topological polar surface area (TPSA) is 84.5 Å². The maximum atomic E-state index is 12.8. The molecule has 1 saturated heterocycles. The standard InChI is InChI=1S/C20H25N5O2/c1-23-17(14-7-8-14)13-16(22-23)20(27)25-11-9-24(10-12-25)18(19(21)26)15-5-3-2-4-6-15/h2-6,13-14,18H,7-12H2,1H3,(H2,21,26). The number of nitrogens with zero attached hydrogens (tertiary/aromatic N) is 4. The number of aromatic nitrogens is 2. The van der Waals surface area contributed by atoms with Crippen LogP contribution >= 0.6 is 0 Å². The monoisotopic (exact) mass is 367 g/mol. The fourth-order valence-electron chi connectivity index (χ4n) is 3.88. The van der Waals surface area contributed by atoms with Crippen molar-refractivity contribution in [1.29, 1.82) is 0 Å². The molecule has 1 atom stereocenters. The van der Waals surface area contributed by atoms with E-state index in [2.05, 4.69) is 10.00 Å². The van der Waals surface area contributed by atoms with Crippen molar-refractivity contribution in [3.05, 3.63) is 53.3 Å². The Balaban J connectivity index is 1.43. The number of benzene rings is 1. The molecule has 1 saturated carbocycles. The van der Waals surface area contributed by atoms with Gasteiger partial charge in [-0.05, 0) is 24.5 Å². The Hall–Kier alpha value is -2.67. The van der Waals surface area contributed by atoms with Crippen LogP contribution < -0.4 is 5.73 Å². The molecule has 2 N–H and O–H groups in total. The Morgan fingerprint density at radius 2 is 1.78 bits per heavy atom. The van der Waals surface area contributed by atoms with E-state index in [-0.39, 0.29) is 11.8 Å². The quantitative estimate of drug-likeness (QED) is 0.863. The first-order chi connectivity index (χ1) is 13.0. The average molecular weight is 367 g/mol. The summed E-state index contributed by atoms with van der Waals surface area (Å²) >= 11 is 0. The van der Waals surface area contributed by atoms with Crippen molar-refractivity contribution in [3.8, 4) is 0 Å². The summed E-state index contributed by atoms with van der Waals surface area (Å²) in [7, 11) is 1.90. The Kier molecular flexibility index (Phi) is 4.70. The van der Waals surface area contributed by atoms with E-state index < -0.39 is 6.04 Å². The second-order valence-corrected chi connectivity index (χ2v) is 7.40. The van der Waals surface area contributed by atoms with Gasteiger partial charge in [0.05, 0.1) is 0 Å². The molecule has 0 spiro atoms. The van der Waals surface area contributed by atoms with Gasteiger partial charge in [-0.1, -0.05) is 30.3 Å². The number of carbonyl (C=O) groups is 2. The molecule has 2 amide bonds. The fraction of sp³-hybridized carbons (Fsp3) is 0.450. The summed E-state index contributed by atoms with van der Waals surface area (Å²) < 4.78 is 1.83. The number of primary amides is 1. The maximum absolute atomic E-state index is 12.8. The SMILES string of the molecule is Cn1nc(C(=O)N2CCN(C(C(N)=O)c3ccccc3)CC2)cc1C1CC1. The van der Waals surface area contributed by atoms with Crippen molar-refractivity contribution < 1.29 is 9.59 Å². The molecule has 0 radical (unpaired) electrons. The number of piperazine rings is 1. The minimum Gasteiger partial charge on any atom is -0.368 e. The predicted molar refractivity (Wildman–Crippen MR) is 101 cm³/mol. The second-order valence-electron chi connectivity index (χ2n) is 7.40. The molecule has 142 valence electrons. The molecule has 7 heteroatoms. The number of aryl methyl sites for hydroxylation is 1. The Morgan fingerprint density at radius 1 is 1.11 bits per heavy atom. The van der Waals surface area contributed by atoms with Crippen molar-refractivity contribution in [2.75, 3.05) is 26.2 Å². The van der Waals surface area contributed by atoms with E-state index >= 15 is 0 Å². The lowest BCUT2D eigenvalue weighted by Gasteiger charge is -2.38. The van der Waals surface area contributed by atoms with Gasteiger partial charge in [-0.3, -0.25) is 19.2 Å². The smallest absolute Gasteiger partial charge is 0.274 e. The molecule has 27 heavy (non-hydrogen) atoms. The molecular formula is C20H25N5O2. The molecule has 2 heterocycles. The van der Waals surface area contributed by atoms with Gasteiger partial charge < -0.3 is 10.6 Å². The average Bonchev–Trinajstić information content (AvgIpc) is 3.44. The van der Waals surface area contributed by atoms with Crippen LogP contribution in [0.4, 0.5) is 0 Å². The first-order valence-corrected chi connectivity index (χ1v) is 9.46. The molecule has 0 bridgehead atoms. The van der Waals surface area contributed by atoms with Gasteiger partial charge in [0.15, 0.2) is 5.69 Å². The zero-order valence-corrected chi connectivity index (χ0v) is 15.5. The van der Waals surface area contributed by atoms with Crippen LogP contribution in [0.1, 0.15) is 46.5 Å². The van der Waals surface area contributed by atoms with Gasteiger partial charge in [-0.25, -0.2) is 0 Å². The van der Waals surface area contributed by atoms with Crippen LogP contribution in [0.15, 0.2) is 36.4 Å². The van der Waals surface area contributed by atoms with Crippen molar-refractivity contribution in [2.45, 2.75) is 24.8 Å². The molecular weight excluding hydrogens is 342 g/mol. The van der Waals surface area contributed by atoms with Gasteiger partial charge in [0.25, 0.3) is 5.91 Å². The lowest BCUT2D eigenvalue weighted by molar-refractivity contribution is -0.124. The molecule has 2 aromatic rings. The Morgan fingerprint density at radius 3 is 2.37 bits per heavy atom. The molecule has 7 nitrogen and oxygen atoms in total. The lowest BCUT2D eigenvalue weighted by atomic mass is 10.0. The summed E-state index contributed by atoms with van der Waals surface area (Å²) in [6.45, 7) is 2.34. The van der Waals surface area contributed by atoms with E-state index in [1.165, 1.54) is 12.8 Å². The van der Waals surface area contributed by atoms with E-state index in [0.29, 0.717) is 37.8 Å². The van der Waals surface area contributed by atoms with Crippen LogP contribution in [-0.4, -0.2) is 57.6 Å². The molecule has 1 unspecified atom stereocenters. The summed E-state index contributed by atoms with van der Waals surface area (Å²) in [4.78, 5) is 28.7. The summed E-state index contributed by atoms with van der Waals surface area (Å²) in [6.07, 6.45) is 2.36. The van der Waals surface area contributed by atoms with Gasteiger partial charge in [-0.2, -0.15) is 5.10 Å². The van der Waals surface area contributed by atoms with Crippen molar-refractivity contribution >= 4 is 11.8 Å². The summed E-state index contributed by atoms with van der Waals surface area (Å²) in [6, 6.07) is 11.0. The number of hydrogen-bond acceptors (Lipinski definition) is 4. The van der Waals surface area contributed by atoms with E-state index in [1.54, 1.807) is 0 Å². The summed E-state index contributed by atoms with van der Waals surface area (Å²) in [5, 5.41) is 4.41. The van der Waals surface area contributed by atoms with Crippen LogP contribution in [0.2, 0.25) is 0 Å². The number of carbonyl (C=O) groups excluding carboxylic acids is 2. The number of rotatable bonds is 5. The number of hydrogen-bond donors (Lipinski definition) is 1. The van der Waals surface area contributed by atoms with Gasteiger partial charge in [0, 0.05) is 44.8 Å². The zero-order valence-electron chi connectivity index (χ0n) is 15.5. The van der Waals surface area contributed by atoms with E-state index in [4.69, 9.17) is 5.73 Å². The number of amides is 2. The highest BCUT2D eigenvalue weighted by Crippen LogP contribution is 2.40. The minimum atomic E-state index is -0.459. The van der Waals surface area contributed by atoms with Crippen LogP contribution in [0, 0.1) is 0 Å². The third kappa shape index (κ3) is 3.60. The van der Waals surface area contributed by atoms with Crippen molar-refractivity contribution in [3.63, 3.8) is 0 Å². The lowest BCUT2D eigenvalue weighted by Crippen LogP contribution is -2.52. The van der Waals surface area contributed by atoms with Gasteiger partial charge in [0.1, 0.15) is 6.04 Å². The van der Waals surface area contributed by atoms with E-state index in [1.807, 2.05) is 53.0 Å². The summed E-state index contributed by atoms with van der Waals surface area (Å²) in [5.41, 5.74) is 8.22. The zero-order chi connectivity index (χ0) is 19.0. The highest BCUT2D eigenvalue weighted by Gasteiger charge is 2.32. The molecule has 1 aromatic carbocycles.